The lowest BCUT2D eigenvalue weighted by Gasteiger charge is -2.16. The largest absolute Gasteiger partial charge is 0.480 e. The molecule has 0 aliphatic heterocycles. The van der Waals surface area contributed by atoms with E-state index in [0.29, 0.717) is 24.2 Å². The molecule has 7 N–H and O–H groups in total. The van der Waals surface area contributed by atoms with Crippen LogP contribution in [0.2, 0.25) is 10.0 Å². The van der Waals surface area contributed by atoms with Crippen molar-refractivity contribution in [1.82, 2.24) is 5.32 Å². The molecule has 0 unspecified atom stereocenters. The molecule has 0 saturated heterocycles. The minimum absolute atomic E-state index is 0.0139. The van der Waals surface area contributed by atoms with Crippen molar-refractivity contribution in [1.29, 1.82) is 0 Å². The molecule has 11 heteroatoms. The highest BCUT2D eigenvalue weighted by atomic mass is 35.5. The van der Waals surface area contributed by atoms with Crippen LogP contribution in [0, 0.1) is 0 Å². The zero-order chi connectivity index (χ0) is 23.7. The Morgan fingerprint density at radius 3 is 2.22 bits per heavy atom. The van der Waals surface area contributed by atoms with E-state index in [2.05, 4.69) is 15.6 Å². The number of benzene rings is 2. The first kappa shape index (κ1) is 25.0. The van der Waals surface area contributed by atoms with Crippen LogP contribution in [0.15, 0.2) is 47.5 Å². The van der Waals surface area contributed by atoms with Gasteiger partial charge >= 0.3 is 5.97 Å². The summed E-state index contributed by atoms with van der Waals surface area (Å²) < 4.78 is 0. The molecule has 9 nitrogen and oxygen atoms in total. The Kier molecular flexibility index (Phi) is 9.30. The molecule has 1 atom stereocenters. The standard InChI is InChI=1S/C21H23Cl2N5O4/c22-14-3-1-4-15(23)18(14)19(30)28-16(20(31)32)11-12-6-8-13(9-7-12)27-17(29)5-2-10-26-21(24)25/h1,3-4,6-9,16H,2,5,10-11H2,(H,27,29)(H,28,30)(H,31,32)(H4,24,25,26)/t16-/m0/s1. The summed E-state index contributed by atoms with van der Waals surface area (Å²) in [5, 5.41) is 14.9. The number of carboxylic acids is 1. The van der Waals surface area contributed by atoms with E-state index in [-0.39, 0.29) is 40.3 Å². The van der Waals surface area contributed by atoms with Crippen LogP contribution < -0.4 is 22.1 Å². The predicted molar refractivity (Wildman–Crippen MR) is 124 cm³/mol. The molecule has 32 heavy (non-hydrogen) atoms. The quantitative estimate of drug-likeness (QED) is 0.199. The Hall–Kier alpha value is -3.30. The molecule has 0 saturated carbocycles. The minimum Gasteiger partial charge on any atom is -0.480 e. The molecule has 0 aromatic heterocycles. The van der Waals surface area contributed by atoms with Crippen molar-refractivity contribution in [3.63, 3.8) is 0 Å². The Bertz CT molecular complexity index is 987. The Morgan fingerprint density at radius 2 is 1.66 bits per heavy atom. The highest BCUT2D eigenvalue weighted by molar-refractivity contribution is 6.39. The molecular weight excluding hydrogens is 457 g/mol. The lowest BCUT2D eigenvalue weighted by molar-refractivity contribution is -0.139. The summed E-state index contributed by atoms with van der Waals surface area (Å²) in [6.07, 6.45) is 0.767. The van der Waals surface area contributed by atoms with Gasteiger partial charge in [-0.25, -0.2) is 4.79 Å². The molecule has 2 aromatic carbocycles. The van der Waals surface area contributed by atoms with Crippen molar-refractivity contribution >= 4 is 52.6 Å². The monoisotopic (exact) mass is 479 g/mol. The second-order valence-corrected chi connectivity index (χ2v) is 7.63. The van der Waals surface area contributed by atoms with Gasteiger partial charge in [-0.2, -0.15) is 0 Å². The van der Waals surface area contributed by atoms with Gasteiger partial charge in [-0.3, -0.25) is 14.6 Å². The zero-order valence-corrected chi connectivity index (χ0v) is 18.5. The lowest BCUT2D eigenvalue weighted by atomic mass is 10.0. The first-order valence-electron chi connectivity index (χ1n) is 9.59. The van der Waals surface area contributed by atoms with Crippen LogP contribution >= 0.6 is 23.2 Å². The average Bonchev–Trinajstić information content (AvgIpc) is 2.71. The molecule has 2 aromatic rings. The van der Waals surface area contributed by atoms with Gasteiger partial charge in [0.1, 0.15) is 6.04 Å². The second kappa shape index (κ2) is 11.9. The topological polar surface area (TPSA) is 160 Å². The van der Waals surface area contributed by atoms with Crippen molar-refractivity contribution in [2.75, 3.05) is 11.9 Å². The molecule has 0 fully saturated rings. The van der Waals surface area contributed by atoms with Crippen molar-refractivity contribution in [2.45, 2.75) is 25.3 Å². The van der Waals surface area contributed by atoms with Gasteiger partial charge in [0.25, 0.3) is 5.91 Å². The summed E-state index contributed by atoms with van der Waals surface area (Å²) in [6, 6.07) is 9.99. The fourth-order valence-electron chi connectivity index (χ4n) is 2.78. The summed E-state index contributed by atoms with van der Waals surface area (Å²) in [6.45, 7) is 0.358. The number of nitrogens with zero attached hydrogens (tertiary/aromatic N) is 1. The van der Waals surface area contributed by atoms with Gasteiger partial charge in [0.05, 0.1) is 15.6 Å². The highest BCUT2D eigenvalue weighted by Crippen LogP contribution is 2.24. The van der Waals surface area contributed by atoms with Crippen molar-refractivity contribution in [3.05, 3.63) is 63.6 Å². The maximum absolute atomic E-state index is 12.5. The van der Waals surface area contributed by atoms with Crippen LogP contribution in [-0.4, -0.2) is 41.4 Å². The van der Waals surface area contributed by atoms with Gasteiger partial charge in [0.2, 0.25) is 5.91 Å². The van der Waals surface area contributed by atoms with Crippen molar-refractivity contribution in [3.8, 4) is 0 Å². The second-order valence-electron chi connectivity index (χ2n) is 6.82. The third-order valence-electron chi connectivity index (χ3n) is 4.33. The normalized spacial score (nSPS) is 11.3. The number of carboxylic acid groups (broad SMARTS) is 1. The summed E-state index contributed by atoms with van der Waals surface area (Å²) >= 11 is 12.0. The summed E-state index contributed by atoms with van der Waals surface area (Å²) in [7, 11) is 0. The van der Waals surface area contributed by atoms with Crippen molar-refractivity contribution in [2.24, 2.45) is 16.5 Å². The van der Waals surface area contributed by atoms with Gasteiger partial charge < -0.3 is 27.2 Å². The highest BCUT2D eigenvalue weighted by Gasteiger charge is 2.23. The molecule has 0 aliphatic carbocycles. The van der Waals surface area contributed by atoms with Crippen LogP contribution in [0.5, 0.6) is 0 Å². The Balaban J connectivity index is 1.96. The average molecular weight is 480 g/mol. The molecule has 2 rings (SSSR count). The first-order valence-corrected chi connectivity index (χ1v) is 10.3. The molecule has 0 heterocycles. The number of halogens is 2. The van der Waals surface area contributed by atoms with E-state index in [9.17, 15) is 19.5 Å². The van der Waals surface area contributed by atoms with E-state index in [1.165, 1.54) is 12.1 Å². The van der Waals surface area contributed by atoms with Gasteiger partial charge in [0, 0.05) is 25.1 Å². The third kappa shape index (κ3) is 7.75. The number of carbonyl (C=O) groups excluding carboxylic acids is 2. The number of amides is 2. The van der Waals surface area contributed by atoms with Crippen LogP contribution in [-0.2, 0) is 16.0 Å². The number of carbonyl (C=O) groups is 3. The van der Waals surface area contributed by atoms with Crippen LogP contribution in [0.4, 0.5) is 5.69 Å². The van der Waals surface area contributed by atoms with E-state index in [1.807, 2.05) is 0 Å². The first-order chi connectivity index (χ1) is 15.2. The van der Waals surface area contributed by atoms with E-state index in [1.54, 1.807) is 30.3 Å². The van der Waals surface area contributed by atoms with Gasteiger partial charge in [-0.05, 0) is 36.2 Å². The molecule has 170 valence electrons. The Labute approximate surface area is 194 Å². The van der Waals surface area contributed by atoms with E-state index >= 15 is 0 Å². The number of anilines is 1. The maximum atomic E-state index is 12.5. The fraction of sp³-hybridized carbons (Fsp3) is 0.238. The lowest BCUT2D eigenvalue weighted by Crippen LogP contribution is -2.42. The summed E-state index contributed by atoms with van der Waals surface area (Å²) in [4.78, 5) is 39.9. The van der Waals surface area contributed by atoms with Crippen LogP contribution in [0.3, 0.4) is 0 Å². The van der Waals surface area contributed by atoms with Crippen LogP contribution in [0.25, 0.3) is 0 Å². The molecule has 0 aliphatic rings. The number of aliphatic imine (C=N–C) groups is 1. The van der Waals surface area contributed by atoms with Crippen LogP contribution in [0.1, 0.15) is 28.8 Å². The zero-order valence-electron chi connectivity index (χ0n) is 17.0. The number of hydrogen-bond acceptors (Lipinski definition) is 4. The number of nitrogens with one attached hydrogen (secondary N) is 2. The number of hydrogen-bond donors (Lipinski definition) is 5. The van der Waals surface area contributed by atoms with Gasteiger partial charge in [-0.1, -0.05) is 41.4 Å². The molecule has 0 radical (unpaired) electrons. The van der Waals surface area contributed by atoms with Gasteiger partial charge in [-0.15, -0.1) is 0 Å². The number of guanidine groups is 1. The number of rotatable bonds is 10. The fourth-order valence-corrected chi connectivity index (χ4v) is 3.35. The molecule has 0 spiro atoms. The molecule has 2 amide bonds. The molecular formula is C21H23Cl2N5O4. The van der Waals surface area contributed by atoms with E-state index < -0.39 is 17.9 Å². The van der Waals surface area contributed by atoms with Gasteiger partial charge in [0.15, 0.2) is 5.96 Å². The number of nitrogens with two attached hydrogens (primary N) is 2. The summed E-state index contributed by atoms with van der Waals surface area (Å²) in [5.74, 6) is -2.11. The minimum atomic E-state index is -1.21. The predicted octanol–water partition coefficient (Wildman–Crippen LogP) is 2.41. The smallest absolute Gasteiger partial charge is 0.326 e. The maximum Gasteiger partial charge on any atom is 0.326 e. The third-order valence-corrected chi connectivity index (χ3v) is 4.96. The molecule has 0 bridgehead atoms. The van der Waals surface area contributed by atoms with E-state index in [0.717, 1.165) is 0 Å². The SMILES string of the molecule is NC(N)=NCCCC(=O)Nc1ccc(C[C@H](NC(=O)c2c(Cl)cccc2Cl)C(=O)O)cc1. The number of aliphatic carboxylic acids is 1. The van der Waals surface area contributed by atoms with Crippen molar-refractivity contribution < 1.29 is 19.5 Å². The van der Waals surface area contributed by atoms with E-state index in [4.69, 9.17) is 34.7 Å². The summed E-state index contributed by atoms with van der Waals surface area (Å²) in [5.41, 5.74) is 11.7. The Morgan fingerprint density at radius 1 is 1.03 bits per heavy atom.